The average molecular weight is 383 g/mol. The predicted molar refractivity (Wildman–Crippen MR) is 93.5 cm³/mol. The fraction of sp³-hybridized carbons (Fsp3) is 0.389. The SMILES string of the molecule is COC[C@@H](NC(=O)N1CCO[C@@H](c2ccc(F)c(Cl)c2)C1)c1ccco1. The molecule has 1 aromatic heterocycles. The summed E-state index contributed by atoms with van der Waals surface area (Å²) in [4.78, 5) is 14.3. The molecule has 0 aliphatic carbocycles. The van der Waals surface area contributed by atoms with Crippen molar-refractivity contribution in [1.29, 1.82) is 0 Å². The van der Waals surface area contributed by atoms with Gasteiger partial charge in [-0.2, -0.15) is 0 Å². The smallest absolute Gasteiger partial charge is 0.318 e. The number of carbonyl (C=O) groups is 1. The number of furan rings is 1. The molecule has 8 heteroatoms. The number of morpholine rings is 1. The highest BCUT2D eigenvalue weighted by molar-refractivity contribution is 6.30. The van der Waals surface area contributed by atoms with Crippen molar-refractivity contribution in [2.24, 2.45) is 0 Å². The molecule has 1 aliphatic rings. The van der Waals surface area contributed by atoms with Crippen molar-refractivity contribution in [3.8, 4) is 0 Å². The Morgan fingerprint density at radius 1 is 1.50 bits per heavy atom. The molecule has 0 radical (unpaired) electrons. The molecule has 6 nitrogen and oxygen atoms in total. The summed E-state index contributed by atoms with van der Waals surface area (Å²) in [6.45, 7) is 1.46. The van der Waals surface area contributed by atoms with Crippen LogP contribution in [0.25, 0.3) is 0 Å². The fourth-order valence-electron chi connectivity index (χ4n) is 2.84. The van der Waals surface area contributed by atoms with Crippen molar-refractivity contribution in [3.05, 3.63) is 58.8 Å². The number of carbonyl (C=O) groups excluding carboxylic acids is 1. The zero-order valence-electron chi connectivity index (χ0n) is 14.3. The summed E-state index contributed by atoms with van der Waals surface area (Å²) >= 11 is 5.84. The Morgan fingerprint density at radius 2 is 2.35 bits per heavy atom. The van der Waals surface area contributed by atoms with Crippen LogP contribution in [0.2, 0.25) is 5.02 Å². The summed E-state index contributed by atoms with van der Waals surface area (Å²) in [5.41, 5.74) is 0.730. The Bertz CT molecular complexity index is 741. The largest absolute Gasteiger partial charge is 0.467 e. The van der Waals surface area contributed by atoms with E-state index in [2.05, 4.69) is 5.32 Å². The number of hydrogen-bond acceptors (Lipinski definition) is 4. The first kappa shape index (κ1) is 18.7. The first-order valence-corrected chi connectivity index (χ1v) is 8.60. The first-order chi connectivity index (χ1) is 12.6. The monoisotopic (exact) mass is 382 g/mol. The van der Waals surface area contributed by atoms with Gasteiger partial charge in [0.05, 0.1) is 31.0 Å². The molecule has 2 amide bonds. The van der Waals surface area contributed by atoms with Gasteiger partial charge in [0.25, 0.3) is 0 Å². The Hall–Kier alpha value is -2.09. The maximum absolute atomic E-state index is 13.4. The van der Waals surface area contributed by atoms with Crippen molar-refractivity contribution in [2.45, 2.75) is 12.1 Å². The third-order valence-electron chi connectivity index (χ3n) is 4.19. The predicted octanol–water partition coefficient (Wildman–Crippen LogP) is 3.54. The van der Waals surface area contributed by atoms with Gasteiger partial charge in [-0.25, -0.2) is 9.18 Å². The molecule has 0 unspecified atom stereocenters. The number of benzene rings is 1. The van der Waals surface area contributed by atoms with Gasteiger partial charge in [-0.15, -0.1) is 0 Å². The number of urea groups is 1. The number of nitrogens with zero attached hydrogens (tertiary/aromatic N) is 1. The summed E-state index contributed by atoms with van der Waals surface area (Å²) in [5, 5.41) is 2.94. The van der Waals surface area contributed by atoms with E-state index in [9.17, 15) is 9.18 Å². The van der Waals surface area contributed by atoms with Crippen LogP contribution in [0.1, 0.15) is 23.5 Å². The molecule has 1 fully saturated rings. The van der Waals surface area contributed by atoms with Gasteiger partial charge >= 0.3 is 6.03 Å². The molecular formula is C18H20ClFN2O4. The lowest BCUT2D eigenvalue weighted by Gasteiger charge is -2.34. The number of methoxy groups -OCH3 is 1. The number of nitrogens with one attached hydrogen (secondary N) is 1. The second-order valence-electron chi connectivity index (χ2n) is 5.95. The van der Waals surface area contributed by atoms with Gasteiger partial charge in [0.2, 0.25) is 0 Å². The minimum Gasteiger partial charge on any atom is -0.467 e. The van der Waals surface area contributed by atoms with Crippen LogP contribution >= 0.6 is 11.6 Å². The van der Waals surface area contributed by atoms with Gasteiger partial charge in [-0.05, 0) is 29.8 Å². The van der Waals surface area contributed by atoms with E-state index in [1.807, 2.05) is 0 Å². The molecule has 1 aliphatic heterocycles. The number of amides is 2. The van der Waals surface area contributed by atoms with Gasteiger partial charge in [0, 0.05) is 13.7 Å². The van der Waals surface area contributed by atoms with Gasteiger partial charge in [0.1, 0.15) is 23.7 Å². The van der Waals surface area contributed by atoms with Gasteiger partial charge in [-0.3, -0.25) is 0 Å². The maximum atomic E-state index is 13.4. The summed E-state index contributed by atoms with van der Waals surface area (Å²) in [5.74, 6) is 0.136. The highest BCUT2D eigenvalue weighted by Crippen LogP contribution is 2.26. The summed E-state index contributed by atoms with van der Waals surface area (Å²) in [6, 6.07) is 7.35. The van der Waals surface area contributed by atoms with Gasteiger partial charge in [0.15, 0.2) is 0 Å². The molecule has 0 bridgehead atoms. The maximum Gasteiger partial charge on any atom is 0.318 e. The minimum absolute atomic E-state index is 0.0330. The zero-order valence-corrected chi connectivity index (χ0v) is 15.0. The van der Waals surface area contributed by atoms with Crippen LogP contribution in [-0.2, 0) is 9.47 Å². The average Bonchev–Trinajstić information content (AvgIpc) is 3.18. The first-order valence-electron chi connectivity index (χ1n) is 8.23. The lowest BCUT2D eigenvalue weighted by Crippen LogP contribution is -2.48. The molecule has 0 spiro atoms. The molecule has 2 atom stereocenters. The lowest BCUT2D eigenvalue weighted by atomic mass is 10.1. The van der Waals surface area contributed by atoms with Crippen LogP contribution in [0.3, 0.4) is 0 Å². The quantitative estimate of drug-likeness (QED) is 0.859. The fourth-order valence-corrected chi connectivity index (χ4v) is 3.03. The second kappa shape index (κ2) is 8.53. The van der Waals surface area contributed by atoms with Gasteiger partial charge < -0.3 is 24.1 Å². The Balaban J connectivity index is 1.66. The van der Waals surface area contributed by atoms with E-state index < -0.39 is 5.82 Å². The Morgan fingerprint density at radius 3 is 3.04 bits per heavy atom. The van der Waals surface area contributed by atoms with Crippen molar-refractivity contribution in [1.82, 2.24) is 10.2 Å². The number of halogens is 2. The normalized spacial score (nSPS) is 18.6. The molecule has 2 heterocycles. The van der Waals surface area contributed by atoms with Crippen LogP contribution in [0.4, 0.5) is 9.18 Å². The number of hydrogen-bond donors (Lipinski definition) is 1. The van der Waals surface area contributed by atoms with E-state index in [1.165, 1.54) is 12.1 Å². The van der Waals surface area contributed by atoms with E-state index in [1.54, 1.807) is 36.5 Å². The van der Waals surface area contributed by atoms with E-state index in [0.29, 0.717) is 32.1 Å². The summed E-state index contributed by atoms with van der Waals surface area (Å²) < 4.78 is 29.6. The Kier molecular flexibility index (Phi) is 6.13. The van der Waals surface area contributed by atoms with Crippen LogP contribution in [0.5, 0.6) is 0 Å². The van der Waals surface area contributed by atoms with Crippen LogP contribution < -0.4 is 5.32 Å². The molecule has 140 valence electrons. The van der Waals surface area contributed by atoms with Crippen molar-refractivity contribution in [3.63, 3.8) is 0 Å². The Labute approximate surface area is 155 Å². The standard InChI is InChI=1S/C18H20ClFN2O4/c1-24-11-15(16-3-2-7-25-16)21-18(23)22-6-8-26-17(10-22)12-4-5-14(20)13(19)9-12/h2-5,7,9,15,17H,6,8,10-11H2,1H3,(H,21,23)/t15-,17-/m1/s1. The van der Waals surface area contributed by atoms with E-state index in [0.717, 1.165) is 5.56 Å². The lowest BCUT2D eigenvalue weighted by molar-refractivity contribution is -0.0162. The topological polar surface area (TPSA) is 63.9 Å². The molecule has 2 aromatic rings. The highest BCUT2D eigenvalue weighted by atomic mass is 35.5. The highest BCUT2D eigenvalue weighted by Gasteiger charge is 2.28. The number of rotatable bonds is 5. The number of ether oxygens (including phenoxy) is 2. The van der Waals surface area contributed by atoms with Crippen molar-refractivity contribution >= 4 is 17.6 Å². The van der Waals surface area contributed by atoms with Gasteiger partial charge in [-0.1, -0.05) is 17.7 Å². The molecule has 1 saturated heterocycles. The van der Waals surface area contributed by atoms with Crippen LogP contribution in [0.15, 0.2) is 41.0 Å². The minimum atomic E-state index is -0.485. The molecule has 0 saturated carbocycles. The van der Waals surface area contributed by atoms with E-state index in [4.69, 9.17) is 25.5 Å². The molecule has 1 aromatic carbocycles. The van der Waals surface area contributed by atoms with E-state index in [-0.39, 0.29) is 23.2 Å². The zero-order chi connectivity index (χ0) is 18.5. The third kappa shape index (κ3) is 4.35. The van der Waals surface area contributed by atoms with Crippen molar-refractivity contribution in [2.75, 3.05) is 33.4 Å². The van der Waals surface area contributed by atoms with Crippen LogP contribution in [0, 0.1) is 5.82 Å². The molecule has 3 rings (SSSR count). The van der Waals surface area contributed by atoms with Crippen molar-refractivity contribution < 1.29 is 23.1 Å². The summed E-state index contributed by atoms with van der Waals surface area (Å²) in [7, 11) is 1.56. The molecular weight excluding hydrogens is 363 g/mol. The third-order valence-corrected chi connectivity index (χ3v) is 4.48. The van der Waals surface area contributed by atoms with Crippen LogP contribution in [-0.4, -0.2) is 44.3 Å². The van der Waals surface area contributed by atoms with E-state index >= 15 is 0 Å². The summed E-state index contributed by atoms with van der Waals surface area (Å²) in [6.07, 6.45) is 1.18. The second-order valence-corrected chi connectivity index (χ2v) is 6.36. The molecule has 1 N–H and O–H groups in total. The molecule has 26 heavy (non-hydrogen) atoms.